The molecule has 110 valence electrons. The molecule has 0 saturated heterocycles. The van der Waals surface area contributed by atoms with Crippen LogP contribution in [0.25, 0.3) is 6.08 Å². The lowest BCUT2D eigenvalue weighted by Gasteiger charge is -2.20. The van der Waals surface area contributed by atoms with Crippen molar-refractivity contribution in [2.45, 2.75) is 20.8 Å². The quantitative estimate of drug-likeness (QED) is 0.883. The van der Waals surface area contributed by atoms with E-state index in [0.717, 1.165) is 34.6 Å². The first-order valence-electron chi connectivity index (χ1n) is 7.03. The summed E-state index contributed by atoms with van der Waals surface area (Å²) in [6.45, 7) is 9.73. The average molecular weight is 340 g/mol. The van der Waals surface area contributed by atoms with Gasteiger partial charge >= 0.3 is 0 Å². The second-order valence-corrected chi connectivity index (χ2v) is 6.40. The molecule has 1 aliphatic rings. The van der Waals surface area contributed by atoms with E-state index in [4.69, 9.17) is 9.47 Å². The van der Waals surface area contributed by atoms with E-state index in [-0.39, 0.29) is 0 Å². The van der Waals surface area contributed by atoms with Crippen LogP contribution in [0.4, 0.5) is 0 Å². The zero-order chi connectivity index (χ0) is 14.5. The number of halogens is 1. The molecule has 0 aliphatic carbocycles. The molecule has 1 aliphatic heterocycles. The summed E-state index contributed by atoms with van der Waals surface area (Å²) >= 11 is 3.54. The zero-order valence-electron chi connectivity index (χ0n) is 12.3. The molecule has 0 saturated carbocycles. The Morgan fingerprint density at radius 2 is 2.10 bits per heavy atom. The van der Waals surface area contributed by atoms with Crippen molar-refractivity contribution in [3.63, 3.8) is 0 Å². The molecule has 20 heavy (non-hydrogen) atoms. The second-order valence-electron chi connectivity index (χ2n) is 5.54. The van der Waals surface area contributed by atoms with Crippen LogP contribution < -0.4 is 14.8 Å². The van der Waals surface area contributed by atoms with E-state index < -0.39 is 0 Å². The van der Waals surface area contributed by atoms with Gasteiger partial charge in [-0.05, 0) is 53.0 Å². The minimum Gasteiger partial charge on any atom is -0.486 e. The summed E-state index contributed by atoms with van der Waals surface area (Å²) in [5.41, 5.74) is 2.43. The van der Waals surface area contributed by atoms with Crippen LogP contribution in [-0.4, -0.2) is 26.3 Å². The Labute approximate surface area is 129 Å². The number of rotatable bonds is 5. The summed E-state index contributed by atoms with van der Waals surface area (Å²) in [5, 5.41) is 3.45. The molecule has 0 atom stereocenters. The molecule has 4 heteroatoms. The minimum absolute atomic E-state index is 0.610. The summed E-state index contributed by atoms with van der Waals surface area (Å²) in [6.07, 6.45) is 2.18. The molecule has 0 fully saturated rings. The van der Waals surface area contributed by atoms with Crippen LogP contribution >= 0.6 is 15.9 Å². The van der Waals surface area contributed by atoms with Gasteiger partial charge in [-0.25, -0.2) is 0 Å². The SMILES string of the molecule is CC(=Cc1cc(Br)c2c(c1)OCCO2)CNCC(C)C. The Morgan fingerprint density at radius 1 is 1.35 bits per heavy atom. The lowest BCUT2D eigenvalue weighted by Crippen LogP contribution is -2.21. The fourth-order valence-electron chi connectivity index (χ4n) is 2.11. The van der Waals surface area contributed by atoms with Gasteiger partial charge in [-0.3, -0.25) is 0 Å². The third kappa shape index (κ3) is 4.25. The third-order valence-corrected chi connectivity index (χ3v) is 3.58. The molecule has 0 amide bonds. The molecule has 3 nitrogen and oxygen atoms in total. The Morgan fingerprint density at radius 3 is 2.85 bits per heavy atom. The highest BCUT2D eigenvalue weighted by atomic mass is 79.9. The molecule has 2 rings (SSSR count). The first-order chi connectivity index (χ1) is 9.56. The highest BCUT2D eigenvalue weighted by Gasteiger charge is 2.15. The standard InChI is InChI=1S/C16H22BrNO2/c1-11(2)9-18-10-12(3)6-13-7-14(17)16-15(8-13)19-4-5-20-16/h6-8,11,18H,4-5,9-10H2,1-3H3. The molecule has 1 heterocycles. The molecule has 1 aromatic rings. The fourth-order valence-corrected chi connectivity index (χ4v) is 2.68. The summed E-state index contributed by atoms with van der Waals surface area (Å²) in [6, 6.07) is 4.10. The first-order valence-corrected chi connectivity index (χ1v) is 7.82. The van der Waals surface area contributed by atoms with E-state index in [0.29, 0.717) is 19.1 Å². The van der Waals surface area contributed by atoms with Gasteiger partial charge in [0.05, 0.1) is 4.47 Å². The molecule has 0 aromatic heterocycles. The number of ether oxygens (including phenoxy) is 2. The Kier molecular flexibility index (Phi) is 5.49. The number of hydrogen-bond acceptors (Lipinski definition) is 3. The summed E-state index contributed by atoms with van der Waals surface area (Å²) in [7, 11) is 0. The van der Waals surface area contributed by atoms with Gasteiger partial charge in [-0.1, -0.05) is 25.5 Å². The summed E-state index contributed by atoms with van der Waals surface area (Å²) in [4.78, 5) is 0. The van der Waals surface area contributed by atoms with Crippen molar-refractivity contribution in [2.24, 2.45) is 5.92 Å². The van der Waals surface area contributed by atoms with Crippen LogP contribution in [0.15, 0.2) is 22.2 Å². The van der Waals surface area contributed by atoms with E-state index in [1.807, 2.05) is 6.07 Å². The van der Waals surface area contributed by atoms with Gasteiger partial charge in [0.25, 0.3) is 0 Å². The first kappa shape index (κ1) is 15.4. The van der Waals surface area contributed by atoms with Crippen LogP contribution in [-0.2, 0) is 0 Å². The maximum absolute atomic E-state index is 5.64. The maximum atomic E-state index is 5.64. The minimum atomic E-state index is 0.610. The highest BCUT2D eigenvalue weighted by Crippen LogP contribution is 2.38. The Hall–Kier alpha value is -1.00. The maximum Gasteiger partial charge on any atom is 0.175 e. The van der Waals surface area contributed by atoms with Crippen LogP contribution in [0.2, 0.25) is 0 Å². The monoisotopic (exact) mass is 339 g/mol. The van der Waals surface area contributed by atoms with Crippen molar-refractivity contribution < 1.29 is 9.47 Å². The molecular formula is C16H22BrNO2. The van der Waals surface area contributed by atoms with Gasteiger partial charge in [0, 0.05) is 6.54 Å². The van der Waals surface area contributed by atoms with E-state index >= 15 is 0 Å². The smallest absolute Gasteiger partial charge is 0.175 e. The largest absolute Gasteiger partial charge is 0.486 e. The highest BCUT2D eigenvalue weighted by molar-refractivity contribution is 9.10. The van der Waals surface area contributed by atoms with E-state index in [9.17, 15) is 0 Å². The second kappa shape index (κ2) is 7.14. The van der Waals surface area contributed by atoms with Crippen LogP contribution in [0.3, 0.4) is 0 Å². The molecule has 0 bridgehead atoms. The molecule has 0 unspecified atom stereocenters. The zero-order valence-corrected chi connectivity index (χ0v) is 13.9. The van der Waals surface area contributed by atoms with Crippen molar-refractivity contribution >= 4 is 22.0 Å². The van der Waals surface area contributed by atoms with Gasteiger partial charge < -0.3 is 14.8 Å². The van der Waals surface area contributed by atoms with Gasteiger partial charge in [-0.15, -0.1) is 0 Å². The Bertz CT molecular complexity index is 497. The van der Waals surface area contributed by atoms with Crippen LogP contribution in [0.5, 0.6) is 11.5 Å². The lowest BCUT2D eigenvalue weighted by atomic mass is 10.1. The van der Waals surface area contributed by atoms with Crippen LogP contribution in [0, 0.1) is 5.92 Å². The molecule has 0 radical (unpaired) electrons. The molecular weight excluding hydrogens is 318 g/mol. The van der Waals surface area contributed by atoms with Crippen molar-refractivity contribution in [3.8, 4) is 11.5 Å². The third-order valence-electron chi connectivity index (χ3n) is 2.99. The van der Waals surface area contributed by atoms with Gasteiger partial charge in [0.1, 0.15) is 13.2 Å². The topological polar surface area (TPSA) is 30.5 Å². The normalized spacial score (nSPS) is 14.8. The predicted molar refractivity (Wildman–Crippen MR) is 86.5 cm³/mol. The van der Waals surface area contributed by atoms with Crippen LogP contribution in [0.1, 0.15) is 26.3 Å². The van der Waals surface area contributed by atoms with Crippen molar-refractivity contribution in [3.05, 3.63) is 27.7 Å². The van der Waals surface area contributed by atoms with Gasteiger partial charge in [0.15, 0.2) is 11.5 Å². The van der Waals surface area contributed by atoms with Gasteiger partial charge in [0.2, 0.25) is 0 Å². The number of nitrogens with one attached hydrogen (secondary N) is 1. The fraction of sp³-hybridized carbons (Fsp3) is 0.500. The van der Waals surface area contributed by atoms with Crippen molar-refractivity contribution in [1.82, 2.24) is 5.32 Å². The van der Waals surface area contributed by atoms with Gasteiger partial charge in [-0.2, -0.15) is 0 Å². The lowest BCUT2D eigenvalue weighted by molar-refractivity contribution is 0.170. The summed E-state index contributed by atoms with van der Waals surface area (Å²) in [5.74, 6) is 2.30. The predicted octanol–water partition coefficient (Wildman–Crippen LogP) is 3.87. The number of benzene rings is 1. The van der Waals surface area contributed by atoms with E-state index in [1.165, 1.54) is 5.57 Å². The molecule has 1 N–H and O–H groups in total. The van der Waals surface area contributed by atoms with Crippen molar-refractivity contribution in [1.29, 1.82) is 0 Å². The Balaban J connectivity index is 2.07. The average Bonchev–Trinajstić information content (AvgIpc) is 2.38. The molecule has 1 aromatic carbocycles. The van der Waals surface area contributed by atoms with E-state index in [1.54, 1.807) is 0 Å². The van der Waals surface area contributed by atoms with Crippen molar-refractivity contribution in [2.75, 3.05) is 26.3 Å². The summed E-state index contributed by atoms with van der Waals surface area (Å²) < 4.78 is 12.2. The van der Waals surface area contributed by atoms with E-state index in [2.05, 4.69) is 54.2 Å². The number of hydrogen-bond donors (Lipinski definition) is 1. The molecule has 0 spiro atoms. The number of fused-ring (bicyclic) bond motifs is 1.